The number of carboxylic acids is 1. The zero-order chi connectivity index (χ0) is 15.1. The smallest absolute Gasteiger partial charge is 0.306 e. The number of ketones is 1. The Labute approximate surface area is 123 Å². The van der Waals surface area contributed by atoms with Crippen molar-refractivity contribution in [1.82, 2.24) is 4.57 Å². The number of carboxylic acid groups (broad SMARTS) is 1. The summed E-state index contributed by atoms with van der Waals surface area (Å²) in [6, 6.07) is 6.07. The van der Waals surface area contributed by atoms with Crippen LogP contribution in [-0.2, 0) is 11.8 Å². The number of carbonyl (C=O) groups is 2. The van der Waals surface area contributed by atoms with E-state index in [9.17, 15) is 9.59 Å². The Hall–Kier alpha value is -2.10. The van der Waals surface area contributed by atoms with E-state index >= 15 is 0 Å². The van der Waals surface area contributed by atoms with Crippen molar-refractivity contribution in [3.05, 3.63) is 35.5 Å². The molecule has 1 fully saturated rings. The van der Waals surface area contributed by atoms with Crippen LogP contribution in [0, 0.1) is 18.8 Å². The average molecular weight is 285 g/mol. The van der Waals surface area contributed by atoms with Gasteiger partial charge in [-0.15, -0.1) is 0 Å². The van der Waals surface area contributed by atoms with Crippen LogP contribution >= 0.6 is 0 Å². The maximum absolute atomic E-state index is 12.7. The number of nitrogens with zero attached hydrogens (tertiary/aromatic N) is 1. The van der Waals surface area contributed by atoms with E-state index in [2.05, 4.69) is 6.07 Å². The molecule has 1 aliphatic rings. The van der Waals surface area contributed by atoms with Gasteiger partial charge in [0.05, 0.1) is 5.92 Å². The first-order chi connectivity index (χ1) is 9.97. The molecule has 0 aliphatic heterocycles. The number of benzene rings is 1. The number of aliphatic carboxylic acids is 1. The Morgan fingerprint density at radius 3 is 2.62 bits per heavy atom. The number of rotatable bonds is 3. The van der Waals surface area contributed by atoms with Gasteiger partial charge in [-0.05, 0) is 37.8 Å². The summed E-state index contributed by atoms with van der Waals surface area (Å²) in [6.07, 6.45) is 3.63. The largest absolute Gasteiger partial charge is 0.481 e. The monoisotopic (exact) mass is 285 g/mol. The molecule has 0 radical (unpaired) electrons. The maximum Gasteiger partial charge on any atom is 0.306 e. The van der Waals surface area contributed by atoms with Gasteiger partial charge in [0.1, 0.15) is 0 Å². The number of hydrogen-bond acceptors (Lipinski definition) is 2. The lowest BCUT2D eigenvalue weighted by molar-refractivity contribution is -0.141. The molecular formula is C17H19NO3. The molecule has 1 heterocycles. The van der Waals surface area contributed by atoms with Crippen LogP contribution in [0.3, 0.4) is 0 Å². The molecule has 1 aromatic heterocycles. The van der Waals surface area contributed by atoms with Gasteiger partial charge in [0.2, 0.25) is 0 Å². The minimum absolute atomic E-state index is 0.0909. The number of carbonyl (C=O) groups excluding carboxylic acids is 1. The summed E-state index contributed by atoms with van der Waals surface area (Å²) in [5.74, 6) is -1.21. The molecule has 2 atom stereocenters. The van der Waals surface area contributed by atoms with Crippen LogP contribution < -0.4 is 0 Å². The quantitative estimate of drug-likeness (QED) is 0.881. The first kappa shape index (κ1) is 13.9. The lowest BCUT2D eigenvalue weighted by Crippen LogP contribution is -2.14. The zero-order valence-corrected chi connectivity index (χ0v) is 12.3. The lowest BCUT2D eigenvalue weighted by Gasteiger charge is -2.07. The van der Waals surface area contributed by atoms with Crippen LogP contribution in [0.2, 0.25) is 0 Å². The Morgan fingerprint density at radius 1 is 1.24 bits per heavy atom. The van der Waals surface area contributed by atoms with Crippen molar-refractivity contribution in [3.8, 4) is 0 Å². The molecule has 2 unspecified atom stereocenters. The van der Waals surface area contributed by atoms with Gasteiger partial charge in [0.15, 0.2) is 5.78 Å². The standard InChI is InChI=1S/C17H19NO3/c1-10-3-6-13-14(9-18(2)15(13)7-10)16(19)11-4-5-12(8-11)17(20)21/h3,6-7,9,11-12H,4-5,8H2,1-2H3,(H,20,21). The van der Waals surface area contributed by atoms with Crippen molar-refractivity contribution >= 4 is 22.7 Å². The van der Waals surface area contributed by atoms with Gasteiger partial charge in [0.25, 0.3) is 0 Å². The zero-order valence-electron chi connectivity index (χ0n) is 12.3. The molecule has 1 aliphatic carbocycles. The normalized spacial score (nSPS) is 21.8. The number of aromatic nitrogens is 1. The molecule has 4 nitrogen and oxygen atoms in total. The van der Waals surface area contributed by atoms with Gasteiger partial charge in [-0.2, -0.15) is 0 Å². The SMILES string of the molecule is Cc1ccc2c(C(=O)C3CCC(C(=O)O)C3)cn(C)c2c1. The third-order valence-electron chi connectivity index (χ3n) is 4.56. The van der Waals surface area contributed by atoms with E-state index in [4.69, 9.17) is 5.11 Å². The predicted molar refractivity (Wildman–Crippen MR) is 80.5 cm³/mol. The molecule has 0 bridgehead atoms. The van der Waals surface area contributed by atoms with E-state index < -0.39 is 5.97 Å². The summed E-state index contributed by atoms with van der Waals surface area (Å²) in [6.45, 7) is 2.03. The highest BCUT2D eigenvalue weighted by molar-refractivity contribution is 6.09. The third kappa shape index (κ3) is 2.35. The van der Waals surface area contributed by atoms with Gasteiger partial charge in [-0.25, -0.2) is 0 Å². The highest BCUT2D eigenvalue weighted by atomic mass is 16.4. The van der Waals surface area contributed by atoms with Gasteiger partial charge in [-0.3, -0.25) is 9.59 Å². The fraction of sp³-hybridized carbons (Fsp3) is 0.412. The molecule has 4 heteroatoms. The molecule has 0 spiro atoms. The Balaban J connectivity index is 1.94. The van der Waals surface area contributed by atoms with E-state index in [0.29, 0.717) is 19.3 Å². The maximum atomic E-state index is 12.7. The van der Waals surface area contributed by atoms with Crippen molar-refractivity contribution in [3.63, 3.8) is 0 Å². The van der Waals surface area contributed by atoms with Crippen molar-refractivity contribution in [2.75, 3.05) is 0 Å². The first-order valence-electron chi connectivity index (χ1n) is 7.30. The summed E-state index contributed by atoms with van der Waals surface area (Å²) in [7, 11) is 1.94. The first-order valence-corrected chi connectivity index (χ1v) is 7.30. The fourth-order valence-electron chi connectivity index (χ4n) is 3.35. The summed E-state index contributed by atoms with van der Waals surface area (Å²) in [5, 5.41) is 10.0. The lowest BCUT2D eigenvalue weighted by atomic mass is 9.94. The van der Waals surface area contributed by atoms with E-state index in [1.54, 1.807) is 0 Å². The summed E-state index contributed by atoms with van der Waals surface area (Å²) < 4.78 is 1.97. The van der Waals surface area contributed by atoms with Crippen molar-refractivity contribution in [2.24, 2.45) is 18.9 Å². The van der Waals surface area contributed by atoms with Gasteiger partial charge in [0, 0.05) is 35.6 Å². The molecule has 1 N–H and O–H groups in total. The minimum Gasteiger partial charge on any atom is -0.481 e. The Kier molecular flexibility index (Phi) is 3.32. The second kappa shape index (κ2) is 5.02. The van der Waals surface area contributed by atoms with Crippen molar-refractivity contribution < 1.29 is 14.7 Å². The molecule has 21 heavy (non-hydrogen) atoms. The number of fused-ring (bicyclic) bond motifs is 1. The van der Waals surface area contributed by atoms with Gasteiger partial charge < -0.3 is 9.67 Å². The fourth-order valence-corrected chi connectivity index (χ4v) is 3.35. The molecule has 110 valence electrons. The second-order valence-electron chi connectivity index (χ2n) is 6.08. The summed E-state index contributed by atoms with van der Waals surface area (Å²) in [5.41, 5.74) is 2.93. The molecule has 1 saturated carbocycles. The van der Waals surface area contributed by atoms with Crippen LogP contribution in [0.4, 0.5) is 0 Å². The molecular weight excluding hydrogens is 266 g/mol. The highest BCUT2D eigenvalue weighted by Gasteiger charge is 2.35. The van der Waals surface area contributed by atoms with Gasteiger partial charge >= 0.3 is 5.97 Å². The Bertz CT molecular complexity index is 729. The van der Waals surface area contributed by atoms with E-state index in [-0.39, 0.29) is 17.6 Å². The van der Waals surface area contributed by atoms with Crippen LogP contribution in [0.15, 0.2) is 24.4 Å². The Morgan fingerprint density at radius 2 is 1.95 bits per heavy atom. The van der Waals surface area contributed by atoms with E-state index in [0.717, 1.165) is 22.0 Å². The predicted octanol–water partition coefficient (Wildman–Crippen LogP) is 3.17. The molecule has 0 amide bonds. The average Bonchev–Trinajstić information content (AvgIpc) is 3.04. The number of aryl methyl sites for hydroxylation is 2. The third-order valence-corrected chi connectivity index (χ3v) is 4.56. The van der Waals surface area contributed by atoms with E-state index in [1.165, 1.54) is 0 Å². The van der Waals surface area contributed by atoms with Crippen LogP contribution in [0.25, 0.3) is 10.9 Å². The van der Waals surface area contributed by atoms with Crippen LogP contribution in [0.5, 0.6) is 0 Å². The second-order valence-corrected chi connectivity index (χ2v) is 6.08. The molecule has 1 aromatic carbocycles. The van der Waals surface area contributed by atoms with Crippen molar-refractivity contribution in [1.29, 1.82) is 0 Å². The number of Topliss-reactive ketones (excluding diaryl/α,β-unsaturated/α-hetero) is 1. The number of hydrogen-bond donors (Lipinski definition) is 1. The van der Waals surface area contributed by atoms with Crippen LogP contribution in [0.1, 0.15) is 35.2 Å². The van der Waals surface area contributed by atoms with Gasteiger partial charge in [-0.1, -0.05) is 12.1 Å². The minimum atomic E-state index is -0.779. The molecule has 0 saturated heterocycles. The summed E-state index contributed by atoms with van der Waals surface area (Å²) >= 11 is 0. The topological polar surface area (TPSA) is 59.3 Å². The highest BCUT2D eigenvalue weighted by Crippen LogP contribution is 2.35. The molecule has 3 rings (SSSR count). The summed E-state index contributed by atoms with van der Waals surface area (Å²) in [4.78, 5) is 23.8. The molecule has 2 aromatic rings. The van der Waals surface area contributed by atoms with E-state index in [1.807, 2.05) is 36.9 Å². The van der Waals surface area contributed by atoms with Crippen molar-refractivity contribution in [2.45, 2.75) is 26.2 Å². The van der Waals surface area contributed by atoms with Crippen LogP contribution in [-0.4, -0.2) is 21.4 Å².